The Hall–Kier alpha value is -4.07. The number of halogens is 2. The van der Waals surface area contributed by atoms with E-state index in [2.05, 4.69) is 20.1 Å². The van der Waals surface area contributed by atoms with E-state index in [0.29, 0.717) is 17.8 Å². The lowest BCUT2D eigenvalue weighted by molar-refractivity contribution is 0.0636. The minimum atomic E-state index is -3.05. The van der Waals surface area contributed by atoms with Gasteiger partial charge in [0.25, 0.3) is 12.3 Å². The SMILES string of the molecule is CC(C)(C#N)c1nc(C(F)F)c(C(=O)N2CCc3[nH]cnc3C2c2cc3ccccn3n2)o1. The zero-order valence-corrected chi connectivity index (χ0v) is 17.8. The number of aromatic amines is 1. The number of nitrogens with one attached hydrogen (secondary N) is 1. The Morgan fingerprint density at radius 2 is 2.21 bits per heavy atom. The summed E-state index contributed by atoms with van der Waals surface area (Å²) in [6, 6.07) is 8.65. The predicted octanol–water partition coefficient (Wildman–Crippen LogP) is 3.57. The largest absolute Gasteiger partial charge is 0.433 e. The lowest BCUT2D eigenvalue weighted by atomic mass is 9.96. The molecule has 0 bridgehead atoms. The number of carbonyl (C=O) groups is 1. The lowest BCUT2D eigenvalue weighted by Gasteiger charge is -2.33. The summed E-state index contributed by atoms with van der Waals surface area (Å²) in [4.78, 5) is 26.3. The molecule has 0 saturated carbocycles. The van der Waals surface area contributed by atoms with E-state index in [4.69, 9.17) is 4.42 Å². The Labute approximate surface area is 186 Å². The van der Waals surface area contributed by atoms with Crippen LogP contribution in [0.2, 0.25) is 0 Å². The van der Waals surface area contributed by atoms with Gasteiger partial charge in [-0.2, -0.15) is 10.4 Å². The van der Waals surface area contributed by atoms with E-state index in [-0.39, 0.29) is 12.4 Å². The van der Waals surface area contributed by atoms with Crippen molar-refractivity contribution in [3.63, 3.8) is 0 Å². The van der Waals surface area contributed by atoms with Crippen LogP contribution in [0.4, 0.5) is 8.78 Å². The van der Waals surface area contributed by atoms with Gasteiger partial charge in [0, 0.05) is 24.9 Å². The highest BCUT2D eigenvalue weighted by molar-refractivity contribution is 5.93. The van der Waals surface area contributed by atoms with Crippen LogP contribution in [-0.4, -0.2) is 41.9 Å². The highest BCUT2D eigenvalue weighted by Gasteiger charge is 2.41. The molecule has 1 atom stereocenters. The Kier molecular flexibility index (Phi) is 4.74. The van der Waals surface area contributed by atoms with Gasteiger partial charge in [-0.1, -0.05) is 6.07 Å². The van der Waals surface area contributed by atoms with E-state index in [9.17, 15) is 18.8 Å². The van der Waals surface area contributed by atoms with Gasteiger partial charge in [-0.15, -0.1) is 0 Å². The summed E-state index contributed by atoms with van der Waals surface area (Å²) in [6.45, 7) is 3.20. The number of rotatable bonds is 4. The fourth-order valence-corrected chi connectivity index (χ4v) is 3.97. The van der Waals surface area contributed by atoms with E-state index in [1.807, 2.05) is 30.3 Å². The summed E-state index contributed by atoms with van der Waals surface area (Å²) in [7, 11) is 0. The molecule has 0 spiro atoms. The molecule has 0 saturated heterocycles. The molecule has 4 aromatic heterocycles. The molecular formula is C22H19F2N7O2. The second kappa shape index (κ2) is 7.51. The molecule has 1 aliphatic rings. The fourth-order valence-electron chi connectivity index (χ4n) is 3.97. The van der Waals surface area contributed by atoms with Crippen LogP contribution < -0.4 is 0 Å². The first-order chi connectivity index (χ1) is 15.8. The number of hydrogen-bond acceptors (Lipinski definition) is 6. The molecule has 1 N–H and O–H groups in total. The van der Waals surface area contributed by atoms with Gasteiger partial charge in [0.2, 0.25) is 11.7 Å². The third-order valence-corrected chi connectivity index (χ3v) is 5.72. The average molecular weight is 451 g/mol. The second-order valence-electron chi connectivity index (χ2n) is 8.33. The number of alkyl halides is 2. The van der Waals surface area contributed by atoms with E-state index in [1.165, 1.54) is 25.1 Å². The highest BCUT2D eigenvalue weighted by Crippen LogP contribution is 2.36. The second-order valence-corrected chi connectivity index (χ2v) is 8.33. The molecular weight excluding hydrogens is 432 g/mol. The summed E-state index contributed by atoms with van der Waals surface area (Å²) in [5, 5.41) is 14.0. The smallest absolute Gasteiger partial charge is 0.292 e. The Bertz CT molecular complexity index is 1360. The molecule has 4 aromatic rings. The molecule has 1 unspecified atom stereocenters. The Morgan fingerprint density at radius 3 is 2.94 bits per heavy atom. The summed E-state index contributed by atoms with van der Waals surface area (Å²) < 4.78 is 34.8. The number of carbonyl (C=O) groups excluding carboxylic acids is 1. The first-order valence-corrected chi connectivity index (χ1v) is 10.3. The van der Waals surface area contributed by atoms with Gasteiger partial charge >= 0.3 is 0 Å². The molecule has 5 rings (SSSR count). The van der Waals surface area contributed by atoms with Gasteiger partial charge in [-0.25, -0.2) is 23.3 Å². The molecule has 168 valence electrons. The summed E-state index contributed by atoms with van der Waals surface area (Å²) >= 11 is 0. The van der Waals surface area contributed by atoms with E-state index in [0.717, 1.165) is 11.2 Å². The first kappa shape index (κ1) is 20.8. The predicted molar refractivity (Wildman–Crippen MR) is 110 cm³/mol. The van der Waals surface area contributed by atoms with Crippen LogP contribution in [0.1, 0.15) is 65.5 Å². The van der Waals surface area contributed by atoms with Crippen LogP contribution in [-0.2, 0) is 11.8 Å². The number of pyridine rings is 1. The van der Waals surface area contributed by atoms with Crippen molar-refractivity contribution in [2.24, 2.45) is 0 Å². The van der Waals surface area contributed by atoms with Crippen molar-refractivity contribution in [2.75, 3.05) is 6.54 Å². The number of H-pyrrole nitrogens is 1. The van der Waals surface area contributed by atoms with Crippen LogP contribution >= 0.6 is 0 Å². The number of amides is 1. The van der Waals surface area contributed by atoms with Gasteiger partial charge < -0.3 is 14.3 Å². The quantitative estimate of drug-likeness (QED) is 0.507. The van der Waals surface area contributed by atoms with Crippen molar-refractivity contribution in [3.05, 3.63) is 71.2 Å². The van der Waals surface area contributed by atoms with Crippen molar-refractivity contribution in [2.45, 2.75) is 38.2 Å². The van der Waals surface area contributed by atoms with Gasteiger partial charge in [0.15, 0.2) is 5.69 Å². The van der Waals surface area contributed by atoms with Crippen molar-refractivity contribution in [1.82, 2.24) is 29.5 Å². The van der Waals surface area contributed by atoms with Crippen LogP contribution in [0.25, 0.3) is 5.52 Å². The first-order valence-electron chi connectivity index (χ1n) is 10.3. The topological polar surface area (TPSA) is 116 Å². The number of hydrogen-bond donors (Lipinski definition) is 1. The number of fused-ring (bicyclic) bond motifs is 2. The van der Waals surface area contributed by atoms with Gasteiger partial charge in [0.1, 0.15) is 11.5 Å². The van der Waals surface area contributed by atoms with E-state index >= 15 is 0 Å². The van der Waals surface area contributed by atoms with Crippen LogP contribution in [0, 0.1) is 11.3 Å². The third kappa shape index (κ3) is 3.34. The van der Waals surface area contributed by atoms with Gasteiger partial charge in [0.05, 0.1) is 29.3 Å². The molecule has 11 heteroatoms. The van der Waals surface area contributed by atoms with E-state index < -0.39 is 35.2 Å². The maximum atomic E-state index is 13.8. The molecule has 5 heterocycles. The number of nitrogens with zero attached hydrogens (tertiary/aromatic N) is 6. The zero-order chi connectivity index (χ0) is 23.3. The van der Waals surface area contributed by atoms with Gasteiger partial charge in [-0.05, 0) is 32.0 Å². The van der Waals surface area contributed by atoms with Crippen LogP contribution in [0.3, 0.4) is 0 Å². The zero-order valence-electron chi connectivity index (χ0n) is 17.8. The minimum absolute atomic E-state index is 0.229. The Balaban J connectivity index is 1.62. The van der Waals surface area contributed by atoms with Crippen LogP contribution in [0.5, 0.6) is 0 Å². The summed E-state index contributed by atoms with van der Waals surface area (Å²) in [5.74, 6) is -1.56. The molecule has 0 radical (unpaired) electrons. The minimum Gasteiger partial charge on any atom is -0.433 e. The van der Waals surface area contributed by atoms with Gasteiger partial charge in [-0.3, -0.25) is 4.79 Å². The molecule has 1 aliphatic heterocycles. The maximum Gasteiger partial charge on any atom is 0.292 e. The highest BCUT2D eigenvalue weighted by atomic mass is 19.3. The van der Waals surface area contributed by atoms with Crippen molar-refractivity contribution < 1.29 is 18.0 Å². The summed E-state index contributed by atoms with van der Waals surface area (Å²) in [6.07, 6.45) is 0.726. The number of nitriles is 1. The molecule has 0 aromatic carbocycles. The standard InChI is InChI=1S/C22H19F2N7O2/c1-22(2,10-25)21-28-16(19(23)24)18(33-21)20(32)30-8-6-13-15(27-11-26-13)17(30)14-9-12-5-3-4-7-31(12)29-14/h3-5,7,9,11,17,19H,6,8H2,1-2H3,(H,26,27). The molecule has 1 amide bonds. The van der Waals surface area contributed by atoms with Crippen LogP contribution in [0.15, 0.2) is 41.2 Å². The normalized spacial score (nSPS) is 16.2. The third-order valence-electron chi connectivity index (χ3n) is 5.72. The average Bonchev–Trinajstić information content (AvgIpc) is 3.55. The number of oxazole rings is 1. The molecule has 33 heavy (non-hydrogen) atoms. The fraction of sp³-hybridized carbons (Fsp3) is 0.318. The monoisotopic (exact) mass is 451 g/mol. The molecule has 0 aliphatic carbocycles. The number of imidazole rings is 1. The summed E-state index contributed by atoms with van der Waals surface area (Å²) in [5.41, 5.74) is 0.736. The molecule has 0 fully saturated rings. The number of aromatic nitrogens is 5. The lowest BCUT2D eigenvalue weighted by Crippen LogP contribution is -2.41. The Morgan fingerprint density at radius 1 is 1.39 bits per heavy atom. The van der Waals surface area contributed by atoms with Crippen molar-refractivity contribution in [1.29, 1.82) is 5.26 Å². The van der Waals surface area contributed by atoms with E-state index in [1.54, 1.807) is 10.7 Å². The molecule has 9 nitrogen and oxygen atoms in total. The maximum absolute atomic E-state index is 13.8. The van der Waals surface area contributed by atoms with Crippen molar-refractivity contribution in [3.8, 4) is 6.07 Å². The van der Waals surface area contributed by atoms with Crippen molar-refractivity contribution >= 4 is 11.4 Å².